The van der Waals surface area contributed by atoms with Gasteiger partial charge in [0.15, 0.2) is 5.78 Å². The quantitative estimate of drug-likeness (QED) is 0.409. The normalized spacial score (nSPS) is 20.3. The van der Waals surface area contributed by atoms with Crippen molar-refractivity contribution in [1.82, 2.24) is 10.6 Å². The SMILES string of the molecule is CC(C)C(NC(=O)CCN)C(=O)C1CC(=O)NC1=O. The van der Waals surface area contributed by atoms with Crippen LogP contribution in [0, 0.1) is 11.8 Å². The number of nitrogens with one attached hydrogen (secondary N) is 2. The van der Waals surface area contributed by atoms with Crippen LogP contribution in [0.5, 0.6) is 0 Å². The van der Waals surface area contributed by atoms with Gasteiger partial charge in [0.05, 0.1) is 6.04 Å². The van der Waals surface area contributed by atoms with E-state index in [0.29, 0.717) is 0 Å². The van der Waals surface area contributed by atoms with Crippen LogP contribution >= 0.6 is 0 Å². The highest BCUT2D eigenvalue weighted by Gasteiger charge is 2.40. The summed E-state index contributed by atoms with van der Waals surface area (Å²) in [6, 6.07) is -0.777. The number of hydrogen-bond donors (Lipinski definition) is 3. The maximum atomic E-state index is 12.2. The summed E-state index contributed by atoms with van der Waals surface area (Å²) in [6.45, 7) is 3.72. The molecule has 1 aliphatic heterocycles. The van der Waals surface area contributed by atoms with Gasteiger partial charge in [0.2, 0.25) is 17.7 Å². The van der Waals surface area contributed by atoms with Gasteiger partial charge in [-0.25, -0.2) is 0 Å². The van der Waals surface area contributed by atoms with Crippen LogP contribution in [-0.4, -0.2) is 36.1 Å². The molecule has 7 nitrogen and oxygen atoms in total. The summed E-state index contributed by atoms with van der Waals surface area (Å²) in [4.78, 5) is 46.3. The van der Waals surface area contributed by atoms with Crippen LogP contribution in [0.4, 0.5) is 0 Å². The van der Waals surface area contributed by atoms with Crippen LogP contribution in [0.1, 0.15) is 26.7 Å². The van der Waals surface area contributed by atoms with Crippen molar-refractivity contribution < 1.29 is 19.2 Å². The van der Waals surface area contributed by atoms with E-state index < -0.39 is 29.6 Å². The largest absolute Gasteiger partial charge is 0.346 e. The fourth-order valence-corrected chi connectivity index (χ4v) is 1.94. The van der Waals surface area contributed by atoms with E-state index >= 15 is 0 Å². The number of hydrogen-bond acceptors (Lipinski definition) is 5. The summed E-state index contributed by atoms with van der Waals surface area (Å²) in [7, 11) is 0. The van der Waals surface area contributed by atoms with Crippen LogP contribution in [0.2, 0.25) is 0 Å². The van der Waals surface area contributed by atoms with Gasteiger partial charge in [-0.2, -0.15) is 0 Å². The number of Topliss-reactive ketones (excluding diaryl/α,β-unsaturated/α-hetero) is 1. The molecule has 2 unspecified atom stereocenters. The molecule has 0 bridgehead atoms. The summed E-state index contributed by atoms with van der Waals surface area (Å²) in [5.41, 5.74) is 5.27. The second kappa shape index (κ2) is 6.42. The van der Waals surface area contributed by atoms with Gasteiger partial charge in [0.1, 0.15) is 5.92 Å². The molecular formula is C12H19N3O4. The van der Waals surface area contributed by atoms with Crippen molar-refractivity contribution in [2.24, 2.45) is 17.6 Å². The molecule has 1 aliphatic rings. The molecule has 0 aromatic heterocycles. The van der Waals surface area contributed by atoms with E-state index in [4.69, 9.17) is 5.73 Å². The zero-order valence-electron chi connectivity index (χ0n) is 11.1. The van der Waals surface area contributed by atoms with Crippen molar-refractivity contribution in [3.05, 3.63) is 0 Å². The second-order valence-electron chi connectivity index (χ2n) is 4.90. The average Bonchev–Trinajstić information content (AvgIpc) is 2.64. The molecule has 0 aliphatic carbocycles. The minimum Gasteiger partial charge on any atom is -0.346 e. The van der Waals surface area contributed by atoms with Gasteiger partial charge in [-0.15, -0.1) is 0 Å². The number of nitrogens with two attached hydrogens (primary N) is 1. The maximum Gasteiger partial charge on any atom is 0.237 e. The fraction of sp³-hybridized carbons (Fsp3) is 0.667. The summed E-state index contributed by atoms with van der Waals surface area (Å²) in [6.07, 6.45) is -0.0278. The molecule has 0 saturated carbocycles. The second-order valence-corrected chi connectivity index (χ2v) is 4.90. The van der Waals surface area contributed by atoms with Crippen LogP contribution in [0.15, 0.2) is 0 Å². The Morgan fingerprint density at radius 2 is 2.05 bits per heavy atom. The standard InChI is InChI=1S/C12H19N3O4/c1-6(2)10(14-8(16)3-4-13)11(18)7-5-9(17)15-12(7)19/h6-7,10H,3-5,13H2,1-2H3,(H,14,16)(H,15,17,19). The number of carbonyl (C=O) groups excluding carboxylic acids is 4. The molecule has 0 spiro atoms. The molecule has 4 N–H and O–H groups in total. The molecule has 7 heteroatoms. The van der Waals surface area contributed by atoms with E-state index in [-0.39, 0.29) is 31.2 Å². The van der Waals surface area contributed by atoms with E-state index in [1.54, 1.807) is 13.8 Å². The molecule has 0 aromatic rings. The molecule has 1 rings (SSSR count). The highest BCUT2D eigenvalue weighted by molar-refractivity contribution is 6.15. The van der Waals surface area contributed by atoms with Crippen molar-refractivity contribution in [1.29, 1.82) is 0 Å². The molecule has 106 valence electrons. The van der Waals surface area contributed by atoms with Crippen molar-refractivity contribution in [2.45, 2.75) is 32.7 Å². The van der Waals surface area contributed by atoms with Crippen LogP contribution in [0.3, 0.4) is 0 Å². The lowest BCUT2D eigenvalue weighted by Gasteiger charge is -2.22. The molecule has 1 heterocycles. The van der Waals surface area contributed by atoms with Gasteiger partial charge in [0, 0.05) is 19.4 Å². The van der Waals surface area contributed by atoms with Crippen LogP contribution < -0.4 is 16.4 Å². The Labute approximate surface area is 111 Å². The molecule has 3 amide bonds. The summed E-state index contributed by atoms with van der Waals surface area (Å²) >= 11 is 0. The Hall–Kier alpha value is -1.76. The van der Waals surface area contributed by atoms with Crippen LogP contribution in [-0.2, 0) is 19.2 Å². The lowest BCUT2D eigenvalue weighted by Crippen LogP contribution is -2.48. The van der Waals surface area contributed by atoms with Crippen molar-refractivity contribution >= 4 is 23.5 Å². The number of rotatable bonds is 6. The van der Waals surface area contributed by atoms with Crippen LogP contribution in [0.25, 0.3) is 0 Å². The van der Waals surface area contributed by atoms with Gasteiger partial charge < -0.3 is 11.1 Å². The van der Waals surface area contributed by atoms with Gasteiger partial charge >= 0.3 is 0 Å². The molecule has 1 saturated heterocycles. The van der Waals surface area contributed by atoms with Gasteiger partial charge in [-0.1, -0.05) is 13.8 Å². The molecule has 1 fully saturated rings. The van der Waals surface area contributed by atoms with Gasteiger partial charge in [-0.05, 0) is 5.92 Å². The third-order valence-electron chi connectivity index (χ3n) is 2.97. The van der Waals surface area contributed by atoms with E-state index in [1.165, 1.54) is 0 Å². The Kier molecular flexibility index (Phi) is 5.17. The lowest BCUT2D eigenvalue weighted by molar-refractivity contribution is -0.136. The molecule has 0 radical (unpaired) electrons. The first-order chi connectivity index (χ1) is 8.86. The third-order valence-corrected chi connectivity index (χ3v) is 2.97. The highest BCUT2D eigenvalue weighted by Crippen LogP contribution is 2.17. The fourth-order valence-electron chi connectivity index (χ4n) is 1.94. The number of imide groups is 1. The Balaban J connectivity index is 2.76. The van der Waals surface area contributed by atoms with E-state index in [2.05, 4.69) is 10.6 Å². The van der Waals surface area contributed by atoms with E-state index in [9.17, 15) is 19.2 Å². The maximum absolute atomic E-state index is 12.2. The van der Waals surface area contributed by atoms with Crippen molar-refractivity contribution in [3.8, 4) is 0 Å². The van der Waals surface area contributed by atoms with Crippen molar-refractivity contribution in [3.63, 3.8) is 0 Å². The molecule has 19 heavy (non-hydrogen) atoms. The minimum absolute atomic E-state index is 0.117. The first-order valence-electron chi connectivity index (χ1n) is 6.23. The average molecular weight is 269 g/mol. The van der Waals surface area contributed by atoms with Crippen molar-refractivity contribution in [2.75, 3.05) is 6.54 Å². The zero-order chi connectivity index (χ0) is 14.6. The monoisotopic (exact) mass is 269 g/mol. The lowest BCUT2D eigenvalue weighted by atomic mass is 9.90. The number of amides is 3. The molecule has 0 aromatic carbocycles. The molecule has 2 atom stereocenters. The molecular weight excluding hydrogens is 250 g/mol. The Bertz CT molecular complexity index is 406. The predicted molar refractivity (Wildman–Crippen MR) is 66.7 cm³/mol. The topological polar surface area (TPSA) is 118 Å². The number of carbonyl (C=O) groups is 4. The summed E-state index contributed by atoms with van der Waals surface area (Å²) in [5, 5.41) is 4.66. The predicted octanol–water partition coefficient (Wildman–Crippen LogP) is -1.29. The zero-order valence-corrected chi connectivity index (χ0v) is 11.1. The summed E-state index contributed by atoms with van der Waals surface area (Å²) < 4.78 is 0. The first-order valence-corrected chi connectivity index (χ1v) is 6.23. The Morgan fingerprint density at radius 3 is 2.47 bits per heavy atom. The number of ketones is 1. The first kappa shape index (κ1) is 15.3. The van der Waals surface area contributed by atoms with Gasteiger partial charge in [-0.3, -0.25) is 24.5 Å². The highest BCUT2D eigenvalue weighted by atomic mass is 16.2. The van der Waals surface area contributed by atoms with E-state index in [0.717, 1.165) is 0 Å². The summed E-state index contributed by atoms with van der Waals surface area (Å²) in [5.74, 6) is -2.98. The third kappa shape index (κ3) is 3.85. The van der Waals surface area contributed by atoms with E-state index in [1.807, 2.05) is 0 Å². The Morgan fingerprint density at radius 1 is 1.42 bits per heavy atom. The minimum atomic E-state index is -1.00. The smallest absolute Gasteiger partial charge is 0.237 e. The van der Waals surface area contributed by atoms with Gasteiger partial charge in [0.25, 0.3) is 0 Å².